The summed E-state index contributed by atoms with van der Waals surface area (Å²) in [7, 11) is 3.01. The van der Waals surface area contributed by atoms with E-state index in [9.17, 15) is 9.59 Å². The van der Waals surface area contributed by atoms with Gasteiger partial charge in [0.05, 0.1) is 14.2 Å². The van der Waals surface area contributed by atoms with Crippen LogP contribution in [0.3, 0.4) is 0 Å². The molecule has 2 aromatic carbocycles. The van der Waals surface area contributed by atoms with Crippen molar-refractivity contribution in [3.8, 4) is 11.5 Å². The van der Waals surface area contributed by atoms with E-state index in [2.05, 4.69) is 18.1 Å². The van der Waals surface area contributed by atoms with Crippen molar-refractivity contribution in [3.05, 3.63) is 54.1 Å². The van der Waals surface area contributed by atoms with Crippen LogP contribution in [0.4, 0.5) is 10.5 Å². The lowest BCUT2D eigenvalue weighted by Crippen LogP contribution is -2.32. The van der Waals surface area contributed by atoms with Crippen LogP contribution >= 0.6 is 12.8 Å². The van der Waals surface area contributed by atoms with E-state index in [0.29, 0.717) is 27.1 Å². The maximum atomic E-state index is 12.2. The molecule has 0 aliphatic carbocycles. The Morgan fingerprint density at radius 3 is 2.09 bits per heavy atom. The highest BCUT2D eigenvalue weighted by molar-refractivity contribution is 7.79. The summed E-state index contributed by atoms with van der Waals surface area (Å²) in [6.45, 7) is 0. The summed E-state index contributed by atoms with van der Waals surface area (Å²) in [4.78, 5) is 24.3. The van der Waals surface area contributed by atoms with Gasteiger partial charge in [-0.25, -0.2) is 9.10 Å². The number of nitrogens with zero attached hydrogens (tertiary/aromatic N) is 1. The van der Waals surface area contributed by atoms with Crippen LogP contribution in [0.2, 0.25) is 0 Å². The molecule has 6 nitrogen and oxygen atoms in total. The van der Waals surface area contributed by atoms with Crippen molar-refractivity contribution < 1.29 is 19.1 Å². The minimum absolute atomic E-state index is 0.362. The fraction of sp³-hybridized carbons (Fsp3) is 0.125. The number of urea groups is 1. The Labute approximate surface area is 139 Å². The fourth-order valence-electron chi connectivity index (χ4n) is 1.85. The number of anilines is 1. The largest absolute Gasteiger partial charge is 0.497 e. The second kappa shape index (κ2) is 7.55. The molecule has 0 aromatic heterocycles. The molecule has 2 aromatic rings. The summed E-state index contributed by atoms with van der Waals surface area (Å²) in [6, 6.07) is 12.6. The summed E-state index contributed by atoms with van der Waals surface area (Å²) in [5.41, 5.74) is 0.784. The van der Waals surface area contributed by atoms with Crippen molar-refractivity contribution in [2.75, 3.05) is 19.5 Å². The summed E-state index contributed by atoms with van der Waals surface area (Å²) in [5, 5.41) is 2.57. The zero-order valence-corrected chi connectivity index (χ0v) is 13.5. The lowest BCUT2D eigenvalue weighted by molar-refractivity contribution is 0.0902. The second-order valence-corrected chi connectivity index (χ2v) is 4.91. The van der Waals surface area contributed by atoms with Crippen LogP contribution in [-0.4, -0.2) is 30.5 Å². The minimum atomic E-state index is -0.683. The third kappa shape index (κ3) is 4.17. The first-order chi connectivity index (χ1) is 11.0. The molecule has 0 saturated carbocycles. The Morgan fingerprint density at radius 1 is 1.00 bits per heavy atom. The molecular formula is C16H16N2O4S. The van der Waals surface area contributed by atoms with Crippen molar-refractivity contribution in [2.45, 2.75) is 0 Å². The predicted octanol–water partition coefficient (Wildman–Crippen LogP) is 3.22. The summed E-state index contributed by atoms with van der Waals surface area (Å²) < 4.78 is 11.0. The normalized spacial score (nSPS) is 9.87. The smallest absolute Gasteiger partial charge is 0.338 e. The highest BCUT2D eigenvalue weighted by Crippen LogP contribution is 2.26. The van der Waals surface area contributed by atoms with Crippen LogP contribution in [0.1, 0.15) is 10.4 Å². The number of imide groups is 1. The van der Waals surface area contributed by atoms with Gasteiger partial charge in [0.25, 0.3) is 5.91 Å². The molecule has 0 heterocycles. The molecule has 0 radical (unpaired) electrons. The molecule has 0 unspecified atom stereocenters. The summed E-state index contributed by atoms with van der Waals surface area (Å²) in [5.74, 6) is 0.501. The quantitative estimate of drug-likeness (QED) is 0.844. The number of hydrogen-bond acceptors (Lipinski definition) is 5. The fourth-order valence-corrected chi connectivity index (χ4v) is 2.02. The van der Waals surface area contributed by atoms with Crippen LogP contribution in [0, 0.1) is 0 Å². The number of methoxy groups -OCH3 is 2. The van der Waals surface area contributed by atoms with E-state index < -0.39 is 11.9 Å². The van der Waals surface area contributed by atoms with Crippen LogP contribution < -0.4 is 14.8 Å². The molecule has 0 aliphatic heterocycles. The van der Waals surface area contributed by atoms with Gasteiger partial charge in [-0.05, 0) is 12.1 Å². The van der Waals surface area contributed by atoms with Gasteiger partial charge in [-0.1, -0.05) is 31.0 Å². The van der Waals surface area contributed by atoms with E-state index in [1.807, 2.05) is 0 Å². The number of nitrogens with one attached hydrogen (secondary N) is 1. The van der Waals surface area contributed by atoms with Gasteiger partial charge in [-0.15, -0.1) is 0 Å². The monoisotopic (exact) mass is 332 g/mol. The van der Waals surface area contributed by atoms with Gasteiger partial charge >= 0.3 is 6.03 Å². The Balaban J connectivity index is 2.13. The molecule has 0 atom stereocenters. The molecule has 0 saturated heterocycles. The summed E-state index contributed by atoms with van der Waals surface area (Å²) in [6.07, 6.45) is 0. The highest BCUT2D eigenvalue weighted by Gasteiger charge is 2.20. The summed E-state index contributed by atoms with van der Waals surface area (Å²) >= 11 is 3.97. The van der Waals surface area contributed by atoms with E-state index in [1.165, 1.54) is 14.2 Å². The molecule has 0 aliphatic rings. The zero-order valence-electron chi connectivity index (χ0n) is 12.6. The molecule has 3 amide bonds. The molecular weight excluding hydrogens is 316 g/mol. The number of rotatable bonds is 4. The maximum Gasteiger partial charge on any atom is 0.338 e. The van der Waals surface area contributed by atoms with Crippen molar-refractivity contribution in [1.29, 1.82) is 0 Å². The third-order valence-electron chi connectivity index (χ3n) is 3.01. The molecule has 2 rings (SSSR count). The Hall–Kier alpha value is -2.67. The number of amides is 3. The molecule has 0 spiro atoms. The van der Waals surface area contributed by atoms with Crippen LogP contribution in [0.15, 0.2) is 48.5 Å². The lowest BCUT2D eigenvalue weighted by Gasteiger charge is -2.16. The molecule has 23 heavy (non-hydrogen) atoms. The van der Waals surface area contributed by atoms with Crippen LogP contribution in [-0.2, 0) is 0 Å². The Kier molecular flexibility index (Phi) is 5.48. The predicted molar refractivity (Wildman–Crippen MR) is 90.2 cm³/mol. The van der Waals surface area contributed by atoms with E-state index in [4.69, 9.17) is 9.47 Å². The van der Waals surface area contributed by atoms with E-state index in [-0.39, 0.29) is 0 Å². The Bertz CT molecular complexity index is 684. The highest BCUT2D eigenvalue weighted by atomic mass is 32.1. The second-order valence-electron chi connectivity index (χ2n) is 4.51. The van der Waals surface area contributed by atoms with Crippen molar-refractivity contribution in [1.82, 2.24) is 4.31 Å². The minimum Gasteiger partial charge on any atom is -0.497 e. The molecule has 0 fully saturated rings. The van der Waals surface area contributed by atoms with Gasteiger partial charge in [0.2, 0.25) is 0 Å². The number of ether oxygens (including phenoxy) is 2. The third-order valence-corrected chi connectivity index (χ3v) is 3.37. The average molecular weight is 332 g/mol. The molecule has 7 heteroatoms. The molecule has 120 valence electrons. The van der Waals surface area contributed by atoms with Crippen molar-refractivity contribution in [2.24, 2.45) is 0 Å². The molecule has 1 N–H and O–H groups in total. The van der Waals surface area contributed by atoms with Crippen LogP contribution in [0.25, 0.3) is 0 Å². The number of thiol groups is 1. The van der Waals surface area contributed by atoms with Crippen molar-refractivity contribution >= 4 is 30.4 Å². The standard InChI is InChI=1S/C16H16N2O4S/c1-21-13-8-12(9-14(10-13)22-2)17-16(20)18(23)15(19)11-6-4-3-5-7-11/h3-10,23H,1-2H3,(H,17,20). The van der Waals surface area contributed by atoms with E-state index in [1.54, 1.807) is 48.5 Å². The van der Waals surface area contributed by atoms with Gasteiger partial charge in [0.15, 0.2) is 0 Å². The van der Waals surface area contributed by atoms with Gasteiger partial charge in [-0.2, -0.15) is 0 Å². The van der Waals surface area contributed by atoms with Crippen molar-refractivity contribution in [3.63, 3.8) is 0 Å². The number of carbonyl (C=O) groups is 2. The van der Waals surface area contributed by atoms with Gasteiger partial charge in [-0.3, -0.25) is 4.79 Å². The topological polar surface area (TPSA) is 67.9 Å². The van der Waals surface area contributed by atoms with E-state index in [0.717, 1.165) is 0 Å². The molecule has 0 bridgehead atoms. The zero-order chi connectivity index (χ0) is 16.8. The lowest BCUT2D eigenvalue weighted by atomic mass is 10.2. The van der Waals surface area contributed by atoms with E-state index >= 15 is 0 Å². The SMILES string of the molecule is COc1cc(NC(=O)N(S)C(=O)c2ccccc2)cc(OC)c1. The number of benzene rings is 2. The average Bonchev–Trinajstić information content (AvgIpc) is 2.60. The first-order valence-electron chi connectivity index (χ1n) is 6.67. The Morgan fingerprint density at radius 2 is 1.57 bits per heavy atom. The van der Waals surface area contributed by atoms with Gasteiger partial charge in [0.1, 0.15) is 11.5 Å². The maximum absolute atomic E-state index is 12.2. The van der Waals surface area contributed by atoms with Gasteiger partial charge < -0.3 is 14.8 Å². The number of hydrogen-bond donors (Lipinski definition) is 2. The first-order valence-corrected chi connectivity index (χ1v) is 7.07. The number of carbonyl (C=O) groups excluding carboxylic acids is 2. The van der Waals surface area contributed by atoms with Gasteiger partial charge in [0, 0.05) is 29.4 Å². The van der Waals surface area contributed by atoms with Crippen LogP contribution in [0.5, 0.6) is 11.5 Å². The first kappa shape index (κ1) is 16.7.